The summed E-state index contributed by atoms with van der Waals surface area (Å²) in [7, 11) is 0. The van der Waals surface area contributed by atoms with Crippen molar-refractivity contribution >= 4 is 29.1 Å². The average Bonchev–Trinajstić information content (AvgIpc) is 3.19. The quantitative estimate of drug-likeness (QED) is 0.560. The van der Waals surface area contributed by atoms with Crippen molar-refractivity contribution in [2.45, 2.75) is 39.3 Å². The van der Waals surface area contributed by atoms with Crippen LogP contribution in [0, 0.1) is 11.8 Å². The van der Waals surface area contributed by atoms with Gasteiger partial charge in [-0.1, -0.05) is 13.8 Å². The van der Waals surface area contributed by atoms with E-state index in [0.29, 0.717) is 6.54 Å². The minimum atomic E-state index is -0.715. The van der Waals surface area contributed by atoms with Crippen molar-refractivity contribution in [1.82, 2.24) is 24.8 Å². The molecule has 1 aliphatic rings. The first kappa shape index (κ1) is 20.3. The molecule has 0 bridgehead atoms. The van der Waals surface area contributed by atoms with E-state index in [-0.39, 0.29) is 28.9 Å². The highest BCUT2D eigenvalue weighted by Crippen LogP contribution is 2.19. The van der Waals surface area contributed by atoms with Gasteiger partial charge in [0.05, 0.1) is 6.33 Å². The number of ketones is 1. The molecule has 0 aliphatic carbocycles. The number of nitrogens with zero attached hydrogens (tertiary/aromatic N) is 5. The summed E-state index contributed by atoms with van der Waals surface area (Å²) in [5, 5.41) is 3.30. The van der Waals surface area contributed by atoms with Gasteiger partial charge >= 0.3 is 0 Å². The van der Waals surface area contributed by atoms with E-state index in [2.05, 4.69) is 25.2 Å². The van der Waals surface area contributed by atoms with Crippen LogP contribution >= 0.6 is 11.6 Å². The summed E-state index contributed by atoms with van der Waals surface area (Å²) in [4.78, 5) is 39.7. The number of piperidine rings is 1. The molecule has 1 atom stereocenters. The summed E-state index contributed by atoms with van der Waals surface area (Å²) in [6.45, 7) is 5.45. The molecular formula is C19H25ClN6O2. The molecule has 0 radical (unpaired) electrons. The van der Waals surface area contributed by atoms with Gasteiger partial charge in [-0.3, -0.25) is 9.59 Å². The SMILES string of the molecule is CC(C)C(=O)C(Cn1ccnc1)C(=O)NC1CCN(c2ccnc(Cl)n2)CC1. The fourth-order valence-electron chi connectivity index (χ4n) is 3.37. The fraction of sp³-hybridized carbons (Fsp3) is 0.526. The predicted octanol–water partition coefficient (Wildman–Crippen LogP) is 1.95. The van der Waals surface area contributed by atoms with Crippen LogP contribution in [0.4, 0.5) is 5.82 Å². The van der Waals surface area contributed by atoms with Gasteiger partial charge in [0.15, 0.2) is 0 Å². The number of aromatic nitrogens is 4. The summed E-state index contributed by atoms with van der Waals surface area (Å²) < 4.78 is 1.77. The van der Waals surface area contributed by atoms with Crippen molar-refractivity contribution in [1.29, 1.82) is 0 Å². The summed E-state index contributed by atoms with van der Waals surface area (Å²) in [6.07, 6.45) is 8.22. The molecule has 1 fully saturated rings. The monoisotopic (exact) mass is 404 g/mol. The first-order valence-electron chi connectivity index (χ1n) is 9.47. The number of imidazole rings is 1. The largest absolute Gasteiger partial charge is 0.356 e. The number of hydrogen-bond acceptors (Lipinski definition) is 6. The second-order valence-electron chi connectivity index (χ2n) is 7.32. The molecule has 28 heavy (non-hydrogen) atoms. The molecule has 8 nitrogen and oxygen atoms in total. The van der Waals surface area contributed by atoms with Crippen LogP contribution in [0.1, 0.15) is 26.7 Å². The highest BCUT2D eigenvalue weighted by atomic mass is 35.5. The Kier molecular flexibility index (Phi) is 6.61. The Balaban J connectivity index is 1.58. The number of hydrogen-bond donors (Lipinski definition) is 1. The van der Waals surface area contributed by atoms with E-state index < -0.39 is 5.92 Å². The minimum absolute atomic E-state index is 0.0336. The van der Waals surface area contributed by atoms with Crippen LogP contribution in [-0.2, 0) is 16.1 Å². The molecule has 3 rings (SSSR count). The third kappa shape index (κ3) is 5.07. The van der Waals surface area contributed by atoms with Crippen LogP contribution < -0.4 is 10.2 Å². The van der Waals surface area contributed by atoms with Crippen molar-refractivity contribution in [2.24, 2.45) is 11.8 Å². The Morgan fingerprint density at radius 2 is 2.04 bits per heavy atom. The first-order valence-corrected chi connectivity index (χ1v) is 9.85. The molecule has 1 aliphatic heterocycles. The van der Waals surface area contributed by atoms with Crippen molar-refractivity contribution in [3.8, 4) is 0 Å². The lowest BCUT2D eigenvalue weighted by atomic mass is 9.93. The van der Waals surface area contributed by atoms with Gasteiger partial charge < -0.3 is 14.8 Å². The van der Waals surface area contributed by atoms with Crippen LogP contribution in [0.5, 0.6) is 0 Å². The standard InChI is InChI=1S/C19H25ClN6O2/c1-13(2)17(27)15(11-25-10-7-21-12-25)18(28)23-14-4-8-26(9-5-14)16-3-6-22-19(20)24-16/h3,6-7,10,12-15H,4-5,8-9,11H2,1-2H3,(H,23,28). The first-order chi connectivity index (χ1) is 13.4. The van der Waals surface area contributed by atoms with Gasteiger partial charge in [0.25, 0.3) is 0 Å². The fourth-order valence-corrected chi connectivity index (χ4v) is 3.51. The summed E-state index contributed by atoms with van der Waals surface area (Å²) in [5.74, 6) is -0.399. The Hall–Kier alpha value is -2.48. The third-order valence-electron chi connectivity index (χ3n) is 4.96. The highest BCUT2D eigenvalue weighted by molar-refractivity contribution is 6.28. The molecule has 2 aromatic heterocycles. The molecule has 150 valence electrons. The number of anilines is 1. The minimum Gasteiger partial charge on any atom is -0.356 e. The van der Waals surface area contributed by atoms with E-state index in [4.69, 9.17) is 11.6 Å². The van der Waals surface area contributed by atoms with E-state index in [0.717, 1.165) is 31.7 Å². The average molecular weight is 405 g/mol. The molecular weight excluding hydrogens is 380 g/mol. The zero-order valence-corrected chi connectivity index (χ0v) is 16.8. The lowest BCUT2D eigenvalue weighted by Crippen LogP contribution is -2.48. The maximum absolute atomic E-state index is 12.9. The molecule has 0 spiro atoms. The van der Waals surface area contributed by atoms with Gasteiger partial charge in [-0.05, 0) is 30.5 Å². The Morgan fingerprint density at radius 1 is 1.29 bits per heavy atom. The zero-order chi connectivity index (χ0) is 20.1. The topological polar surface area (TPSA) is 93.0 Å². The van der Waals surface area contributed by atoms with Gasteiger partial charge in [0.2, 0.25) is 11.2 Å². The maximum atomic E-state index is 12.9. The normalized spacial score (nSPS) is 16.2. The van der Waals surface area contributed by atoms with Crippen molar-refractivity contribution in [2.75, 3.05) is 18.0 Å². The van der Waals surface area contributed by atoms with E-state index in [9.17, 15) is 9.59 Å². The second kappa shape index (κ2) is 9.14. The van der Waals surface area contributed by atoms with Crippen LogP contribution in [0.25, 0.3) is 0 Å². The number of Topliss-reactive ketones (excluding diaryl/α,β-unsaturated/α-hetero) is 1. The van der Waals surface area contributed by atoms with Gasteiger partial charge in [0.1, 0.15) is 17.5 Å². The number of halogens is 1. The summed E-state index contributed by atoms with van der Waals surface area (Å²) in [6, 6.07) is 1.86. The van der Waals surface area contributed by atoms with Crippen LogP contribution in [0.2, 0.25) is 5.28 Å². The number of rotatable bonds is 7. The van der Waals surface area contributed by atoms with E-state index in [1.54, 1.807) is 29.5 Å². The number of amides is 1. The number of carbonyl (C=O) groups excluding carboxylic acids is 2. The molecule has 0 saturated carbocycles. The Labute approximate surface area is 169 Å². The predicted molar refractivity (Wildman–Crippen MR) is 106 cm³/mol. The van der Waals surface area contributed by atoms with E-state index >= 15 is 0 Å². The maximum Gasteiger partial charge on any atom is 0.232 e. The molecule has 9 heteroatoms. The van der Waals surface area contributed by atoms with Crippen molar-refractivity contribution in [3.05, 3.63) is 36.3 Å². The molecule has 1 amide bonds. The van der Waals surface area contributed by atoms with Gasteiger partial charge in [0, 0.05) is 50.2 Å². The zero-order valence-electron chi connectivity index (χ0n) is 16.1. The van der Waals surface area contributed by atoms with Gasteiger partial charge in [-0.25, -0.2) is 15.0 Å². The summed E-state index contributed by atoms with van der Waals surface area (Å²) >= 11 is 5.87. The molecule has 1 saturated heterocycles. The molecule has 2 aromatic rings. The lowest BCUT2D eigenvalue weighted by Gasteiger charge is -2.33. The van der Waals surface area contributed by atoms with E-state index in [1.807, 2.05) is 19.9 Å². The van der Waals surface area contributed by atoms with Crippen LogP contribution in [-0.4, -0.2) is 50.3 Å². The number of carbonyl (C=O) groups is 2. The molecule has 3 heterocycles. The Morgan fingerprint density at radius 3 is 2.64 bits per heavy atom. The lowest BCUT2D eigenvalue weighted by molar-refractivity contribution is -0.136. The molecule has 0 aromatic carbocycles. The van der Waals surface area contributed by atoms with Crippen molar-refractivity contribution < 1.29 is 9.59 Å². The Bertz CT molecular complexity index is 803. The van der Waals surface area contributed by atoms with Crippen molar-refractivity contribution in [3.63, 3.8) is 0 Å². The molecule has 1 unspecified atom stereocenters. The van der Waals surface area contributed by atoms with Gasteiger partial charge in [-0.2, -0.15) is 0 Å². The second-order valence-corrected chi connectivity index (χ2v) is 7.66. The van der Waals surface area contributed by atoms with Gasteiger partial charge in [-0.15, -0.1) is 0 Å². The smallest absolute Gasteiger partial charge is 0.232 e. The van der Waals surface area contributed by atoms with Crippen LogP contribution in [0.3, 0.4) is 0 Å². The number of nitrogens with one attached hydrogen (secondary N) is 1. The highest BCUT2D eigenvalue weighted by Gasteiger charge is 2.31. The van der Waals surface area contributed by atoms with Crippen LogP contribution in [0.15, 0.2) is 31.0 Å². The molecule has 1 N–H and O–H groups in total. The summed E-state index contributed by atoms with van der Waals surface area (Å²) in [5.41, 5.74) is 0. The van der Waals surface area contributed by atoms with E-state index in [1.165, 1.54) is 0 Å². The third-order valence-corrected chi connectivity index (χ3v) is 5.14.